The Morgan fingerprint density at radius 2 is 1.21 bits per heavy atom. The molecule has 0 aliphatic carbocycles. The highest BCUT2D eigenvalue weighted by Gasteiger charge is 2.33. The lowest BCUT2D eigenvalue weighted by molar-refractivity contribution is -0.173. The predicted molar refractivity (Wildman–Crippen MR) is 105 cm³/mol. The van der Waals surface area contributed by atoms with Crippen LogP contribution in [-0.2, 0) is 21.9 Å². The Morgan fingerprint density at radius 1 is 0.818 bits per heavy atom. The largest absolute Gasteiger partial charge is 0.457 e. The minimum atomic E-state index is -4.55. The van der Waals surface area contributed by atoms with E-state index in [1.807, 2.05) is 7.05 Å². The zero-order valence-corrected chi connectivity index (χ0v) is 17.4. The van der Waals surface area contributed by atoms with Crippen LogP contribution in [0.3, 0.4) is 0 Å². The molecule has 0 radical (unpaired) electrons. The zero-order chi connectivity index (χ0) is 24.2. The maximum Gasteiger partial charge on any atom is 0.416 e. The standard InChI is InChI=1S/C22H21F6NO4/c1-29-12-10-18(11-13-29)31-19(30)20(32-16-6-2-14(3-7-16)21(23,24)25)33-17-8-4-15(5-9-17)22(26,27)28/h2-9,18,20H,10-13H2,1H3. The lowest BCUT2D eigenvalue weighted by Crippen LogP contribution is -2.41. The molecule has 1 saturated heterocycles. The second-order valence-corrected chi connectivity index (χ2v) is 7.55. The smallest absolute Gasteiger partial charge is 0.416 e. The van der Waals surface area contributed by atoms with Gasteiger partial charge in [0.1, 0.15) is 17.6 Å². The second-order valence-electron chi connectivity index (χ2n) is 7.55. The van der Waals surface area contributed by atoms with Crippen molar-refractivity contribution in [3.8, 4) is 11.5 Å². The summed E-state index contributed by atoms with van der Waals surface area (Å²) in [5.41, 5.74) is -1.83. The lowest BCUT2D eigenvalue weighted by Gasteiger charge is -2.29. The van der Waals surface area contributed by atoms with Gasteiger partial charge in [0.15, 0.2) is 0 Å². The van der Waals surface area contributed by atoms with Crippen LogP contribution in [0.1, 0.15) is 24.0 Å². The van der Waals surface area contributed by atoms with Crippen LogP contribution in [-0.4, -0.2) is 43.4 Å². The fourth-order valence-corrected chi connectivity index (χ4v) is 3.14. The molecule has 1 fully saturated rings. The van der Waals surface area contributed by atoms with Crippen LogP contribution in [0.25, 0.3) is 0 Å². The summed E-state index contributed by atoms with van der Waals surface area (Å²) < 4.78 is 92.9. The molecule has 0 saturated carbocycles. The van der Waals surface area contributed by atoms with Crippen molar-refractivity contribution in [3.63, 3.8) is 0 Å². The Balaban J connectivity index is 1.75. The number of alkyl halides is 6. The molecule has 2 aromatic rings. The number of ether oxygens (including phenoxy) is 3. The summed E-state index contributed by atoms with van der Waals surface area (Å²) in [5, 5.41) is 0. The lowest BCUT2D eigenvalue weighted by atomic mass is 10.1. The van der Waals surface area contributed by atoms with Crippen molar-refractivity contribution in [1.29, 1.82) is 0 Å². The summed E-state index contributed by atoms with van der Waals surface area (Å²) in [4.78, 5) is 14.8. The molecule has 5 nitrogen and oxygen atoms in total. The van der Waals surface area contributed by atoms with E-state index < -0.39 is 41.8 Å². The molecule has 1 aliphatic rings. The summed E-state index contributed by atoms with van der Waals surface area (Å²) in [6.07, 6.45) is -10.1. The predicted octanol–water partition coefficient (Wildman–Crippen LogP) is 5.15. The molecule has 11 heteroatoms. The average Bonchev–Trinajstić information content (AvgIpc) is 2.74. The number of carbonyl (C=O) groups is 1. The van der Waals surface area contributed by atoms with Crippen LogP contribution in [0.15, 0.2) is 48.5 Å². The molecule has 0 amide bonds. The Kier molecular flexibility index (Phi) is 7.41. The van der Waals surface area contributed by atoms with Gasteiger partial charge in [-0.05, 0) is 68.4 Å². The molecular formula is C22H21F6NO4. The van der Waals surface area contributed by atoms with E-state index >= 15 is 0 Å². The number of benzene rings is 2. The van der Waals surface area contributed by atoms with Crippen LogP contribution < -0.4 is 9.47 Å². The number of rotatable bonds is 6. The maximum absolute atomic E-state index is 12.8. The quantitative estimate of drug-likeness (QED) is 0.328. The summed E-state index contributed by atoms with van der Waals surface area (Å²) in [6, 6.07) is 7.12. The summed E-state index contributed by atoms with van der Waals surface area (Å²) in [7, 11) is 1.92. The van der Waals surface area contributed by atoms with Crippen molar-refractivity contribution in [1.82, 2.24) is 4.90 Å². The molecule has 33 heavy (non-hydrogen) atoms. The Hall–Kier alpha value is -2.95. The molecule has 1 aliphatic heterocycles. The highest BCUT2D eigenvalue weighted by molar-refractivity contribution is 5.74. The monoisotopic (exact) mass is 477 g/mol. The first-order valence-corrected chi connectivity index (χ1v) is 9.99. The van der Waals surface area contributed by atoms with Crippen molar-refractivity contribution in [3.05, 3.63) is 59.7 Å². The number of piperidine rings is 1. The van der Waals surface area contributed by atoms with E-state index in [9.17, 15) is 31.1 Å². The van der Waals surface area contributed by atoms with Crippen LogP contribution >= 0.6 is 0 Å². The van der Waals surface area contributed by atoms with Gasteiger partial charge >= 0.3 is 24.6 Å². The van der Waals surface area contributed by atoms with Gasteiger partial charge in [-0.1, -0.05) is 0 Å². The number of nitrogens with zero attached hydrogens (tertiary/aromatic N) is 1. The molecule has 0 aromatic heterocycles. The van der Waals surface area contributed by atoms with Gasteiger partial charge in [-0.2, -0.15) is 26.3 Å². The second kappa shape index (κ2) is 9.90. The van der Waals surface area contributed by atoms with Crippen molar-refractivity contribution in [2.24, 2.45) is 0 Å². The van der Waals surface area contributed by atoms with Crippen molar-refractivity contribution in [2.75, 3.05) is 20.1 Å². The van der Waals surface area contributed by atoms with Crippen LogP contribution in [0.4, 0.5) is 26.3 Å². The van der Waals surface area contributed by atoms with Gasteiger partial charge in [0, 0.05) is 13.1 Å². The van der Waals surface area contributed by atoms with Crippen LogP contribution in [0.5, 0.6) is 11.5 Å². The SMILES string of the molecule is CN1CCC(OC(=O)C(Oc2ccc(C(F)(F)F)cc2)Oc2ccc(C(F)(F)F)cc2)CC1. The van der Waals surface area contributed by atoms with Crippen molar-refractivity contribution in [2.45, 2.75) is 37.6 Å². The first-order chi connectivity index (χ1) is 15.4. The molecular weight excluding hydrogens is 456 g/mol. The molecule has 0 spiro atoms. The van der Waals surface area contributed by atoms with Gasteiger partial charge in [0.05, 0.1) is 11.1 Å². The number of hydrogen-bond donors (Lipinski definition) is 0. The van der Waals surface area contributed by atoms with Crippen molar-refractivity contribution >= 4 is 5.97 Å². The molecule has 1 heterocycles. The number of carbonyl (C=O) groups excluding carboxylic acids is 1. The molecule has 0 unspecified atom stereocenters. The molecule has 3 rings (SSSR count). The van der Waals surface area contributed by atoms with Gasteiger partial charge < -0.3 is 19.1 Å². The van der Waals surface area contributed by atoms with E-state index in [2.05, 4.69) is 4.90 Å². The molecule has 2 aromatic carbocycles. The third-order valence-corrected chi connectivity index (χ3v) is 4.99. The van der Waals surface area contributed by atoms with E-state index in [0.29, 0.717) is 25.9 Å². The fraction of sp³-hybridized carbons (Fsp3) is 0.409. The van der Waals surface area contributed by atoms with Gasteiger partial charge in [0.2, 0.25) is 0 Å². The number of esters is 1. The minimum absolute atomic E-state index is 0.111. The Morgan fingerprint density at radius 3 is 1.58 bits per heavy atom. The van der Waals surface area contributed by atoms with E-state index in [4.69, 9.17) is 14.2 Å². The summed E-state index contributed by atoms with van der Waals surface area (Å²) in [5.74, 6) is -1.16. The van der Waals surface area contributed by atoms with E-state index in [1.54, 1.807) is 0 Å². The van der Waals surface area contributed by atoms with Crippen molar-refractivity contribution < 1.29 is 45.3 Å². The van der Waals surface area contributed by atoms with Gasteiger partial charge in [0.25, 0.3) is 0 Å². The summed E-state index contributed by atoms with van der Waals surface area (Å²) in [6.45, 7) is 1.39. The first-order valence-electron chi connectivity index (χ1n) is 9.99. The van der Waals surface area contributed by atoms with Gasteiger partial charge in [-0.25, -0.2) is 4.79 Å². The van der Waals surface area contributed by atoms with E-state index in [0.717, 1.165) is 48.5 Å². The van der Waals surface area contributed by atoms with Gasteiger partial charge in [-0.3, -0.25) is 0 Å². The van der Waals surface area contributed by atoms with Gasteiger partial charge in [-0.15, -0.1) is 0 Å². The highest BCUT2D eigenvalue weighted by Crippen LogP contribution is 2.32. The zero-order valence-electron chi connectivity index (χ0n) is 17.4. The molecule has 0 N–H and O–H groups in total. The Bertz CT molecular complexity index is 860. The maximum atomic E-state index is 12.8. The molecule has 180 valence electrons. The van der Waals surface area contributed by atoms with E-state index in [1.165, 1.54) is 0 Å². The van der Waals surface area contributed by atoms with E-state index in [-0.39, 0.29) is 11.5 Å². The number of likely N-dealkylation sites (tertiary alicyclic amines) is 1. The topological polar surface area (TPSA) is 48.0 Å². The summed E-state index contributed by atoms with van der Waals surface area (Å²) >= 11 is 0. The highest BCUT2D eigenvalue weighted by atomic mass is 19.4. The fourth-order valence-electron chi connectivity index (χ4n) is 3.14. The normalized spacial score (nSPS) is 16.0. The van der Waals surface area contributed by atoms with Crippen LogP contribution in [0, 0.1) is 0 Å². The number of hydrogen-bond acceptors (Lipinski definition) is 5. The first kappa shape index (κ1) is 24.7. The average molecular weight is 477 g/mol. The molecule has 0 atom stereocenters. The third kappa shape index (κ3) is 7.01. The van der Waals surface area contributed by atoms with Crippen LogP contribution in [0.2, 0.25) is 0 Å². The third-order valence-electron chi connectivity index (χ3n) is 4.99. The molecule has 0 bridgehead atoms. The minimum Gasteiger partial charge on any atom is -0.457 e. The Labute approximate surface area is 185 Å². The number of halogens is 6.